The Balaban J connectivity index is 1.42. The Morgan fingerprint density at radius 3 is 2.80 bits per heavy atom. The first-order valence-electron chi connectivity index (χ1n) is 9.43. The molecule has 0 saturated carbocycles. The number of thiophene rings is 1. The van der Waals surface area contributed by atoms with E-state index in [9.17, 15) is 4.79 Å². The Morgan fingerprint density at radius 2 is 2.07 bits per heavy atom. The van der Waals surface area contributed by atoms with Gasteiger partial charge in [0.25, 0.3) is 5.91 Å². The van der Waals surface area contributed by atoms with Crippen molar-refractivity contribution in [3.8, 4) is 5.69 Å². The van der Waals surface area contributed by atoms with Crippen molar-refractivity contribution in [2.45, 2.75) is 13.5 Å². The zero-order valence-corrected chi connectivity index (χ0v) is 17.0. The Labute approximate surface area is 176 Å². The molecule has 7 nitrogen and oxygen atoms in total. The van der Waals surface area contributed by atoms with Crippen molar-refractivity contribution >= 4 is 34.0 Å². The molecular weight excluding hydrogens is 396 g/mol. The maximum Gasteiger partial charge on any atom is 0.256 e. The lowest BCUT2D eigenvalue weighted by Crippen LogP contribution is -2.13. The number of imidazole rings is 1. The zero-order chi connectivity index (χ0) is 20.5. The van der Waals surface area contributed by atoms with Gasteiger partial charge in [0.05, 0.1) is 30.0 Å². The van der Waals surface area contributed by atoms with E-state index in [1.54, 1.807) is 36.1 Å². The number of nitrogens with one attached hydrogen (secondary N) is 1. The monoisotopic (exact) mass is 414 g/mol. The highest BCUT2D eigenvalue weighted by atomic mass is 32.1. The lowest BCUT2D eigenvalue weighted by Gasteiger charge is -2.09. The normalized spacial score (nSPS) is 11.1. The number of hydrogen-bond donors (Lipinski definition) is 1. The number of hydrogen-bond acceptors (Lipinski definition) is 5. The van der Waals surface area contributed by atoms with Crippen LogP contribution in [-0.4, -0.2) is 30.2 Å². The topological polar surface area (TPSA) is 77.6 Å². The van der Waals surface area contributed by atoms with E-state index in [1.165, 1.54) is 4.88 Å². The third-order valence-corrected chi connectivity index (χ3v) is 5.66. The van der Waals surface area contributed by atoms with Gasteiger partial charge >= 0.3 is 0 Å². The number of anilines is 1. The van der Waals surface area contributed by atoms with Gasteiger partial charge in [-0.05, 0) is 48.7 Å². The Kier molecular flexibility index (Phi) is 4.61. The molecule has 0 bridgehead atoms. The highest BCUT2D eigenvalue weighted by Gasteiger charge is 2.16. The molecule has 0 saturated heterocycles. The number of aromatic nitrogens is 5. The summed E-state index contributed by atoms with van der Waals surface area (Å²) in [6.45, 7) is 2.52. The van der Waals surface area contributed by atoms with E-state index >= 15 is 0 Å². The summed E-state index contributed by atoms with van der Waals surface area (Å²) in [5, 5.41) is 10.2. The molecule has 0 aliphatic heterocycles. The van der Waals surface area contributed by atoms with Crippen molar-refractivity contribution in [1.82, 2.24) is 24.3 Å². The van der Waals surface area contributed by atoms with Crippen molar-refractivity contribution in [3.63, 3.8) is 0 Å². The van der Waals surface area contributed by atoms with Crippen LogP contribution >= 0.6 is 11.3 Å². The molecule has 1 amide bonds. The summed E-state index contributed by atoms with van der Waals surface area (Å²) in [7, 11) is 0. The van der Waals surface area contributed by atoms with Crippen molar-refractivity contribution in [1.29, 1.82) is 0 Å². The van der Waals surface area contributed by atoms with Crippen molar-refractivity contribution in [3.05, 3.63) is 88.9 Å². The molecule has 0 atom stereocenters. The van der Waals surface area contributed by atoms with Gasteiger partial charge in [0.1, 0.15) is 0 Å². The second-order valence-corrected chi connectivity index (χ2v) is 7.93. The average molecular weight is 414 g/mol. The third-order valence-electron chi connectivity index (χ3n) is 4.80. The van der Waals surface area contributed by atoms with Gasteiger partial charge in [-0.25, -0.2) is 14.6 Å². The minimum Gasteiger partial charge on any atom is -0.322 e. The first-order valence-corrected chi connectivity index (χ1v) is 10.3. The minimum absolute atomic E-state index is 0.184. The molecule has 5 rings (SSSR count). The van der Waals surface area contributed by atoms with Crippen LogP contribution in [-0.2, 0) is 6.54 Å². The molecule has 0 aliphatic rings. The molecular formula is C22H18N6OS. The lowest BCUT2D eigenvalue weighted by atomic mass is 10.1. The molecule has 4 aromatic heterocycles. The number of nitrogens with zero attached hydrogens (tertiary/aromatic N) is 5. The standard InChI is InChI=1S/C22H18N6OS/c1-15-11-19(20-12-24-28(21(20)25-15)13-18-3-2-10-30-18)22(29)26-16-4-6-17(7-5-16)27-9-8-23-14-27/h2-12,14H,13H2,1H3,(H,26,29). The van der Waals surface area contributed by atoms with Crippen LogP contribution in [0.25, 0.3) is 16.7 Å². The van der Waals surface area contributed by atoms with Crippen LogP contribution in [0.5, 0.6) is 0 Å². The van der Waals surface area contributed by atoms with Crippen LogP contribution in [0.15, 0.2) is 72.8 Å². The van der Waals surface area contributed by atoms with Gasteiger partial charge in [0.15, 0.2) is 5.65 Å². The summed E-state index contributed by atoms with van der Waals surface area (Å²) in [6, 6.07) is 13.5. The molecule has 8 heteroatoms. The Bertz CT molecular complexity index is 1300. The van der Waals surface area contributed by atoms with Crippen molar-refractivity contribution < 1.29 is 4.79 Å². The molecule has 0 spiro atoms. The van der Waals surface area contributed by atoms with Crippen LogP contribution < -0.4 is 5.32 Å². The number of carbonyl (C=O) groups is 1. The fourth-order valence-corrected chi connectivity index (χ4v) is 4.04. The molecule has 30 heavy (non-hydrogen) atoms. The third kappa shape index (κ3) is 3.48. The van der Waals surface area contributed by atoms with Gasteiger partial charge in [-0.15, -0.1) is 11.3 Å². The molecule has 0 fully saturated rings. The van der Waals surface area contributed by atoms with Crippen LogP contribution in [0.3, 0.4) is 0 Å². The van der Waals surface area contributed by atoms with E-state index in [4.69, 9.17) is 0 Å². The van der Waals surface area contributed by atoms with E-state index in [0.29, 0.717) is 17.8 Å². The molecule has 0 aliphatic carbocycles. The summed E-state index contributed by atoms with van der Waals surface area (Å²) in [6.07, 6.45) is 7.05. The van der Waals surface area contributed by atoms with E-state index in [-0.39, 0.29) is 5.91 Å². The number of amides is 1. The highest BCUT2D eigenvalue weighted by Crippen LogP contribution is 2.22. The van der Waals surface area contributed by atoms with Crippen LogP contribution in [0.4, 0.5) is 5.69 Å². The van der Waals surface area contributed by atoms with Crippen LogP contribution in [0.1, 0.15) is 20.9 Å². The van der Waals surface area contributed by atoms with Crippen molar-refractivity contribution in [2.75, 3.05) is 5.32 Å². The summed E-state index contributed by atoms with van der Waals surface area (Å²) in [5.74, 6) is -0.184. The SMILES string of the molecule is Cc1cc(C(=O)Nc2ccc(-n3ccnc3)cc2)c2cnn(Cc3cccs3)c2n1. The predicted molar refractivity (Wildman–Crippen MR) is 117 cm³/mol. The highest BCUT2D eigenvalue weighted by molar-refractivity contribution is 7.09. The predicted octanol–water partition coefficient (Wildman–Crippen LogP) is 4.29. The quantitative estimate of drug-likeness (QED) is 0.465. The number of carbonyl (C=O) groups excluding carboxylic acids is 1. The van der Waals surface area contributed by atoms with Gasteiger partial charge < -0.3 is 9.88 Å². The van der Waals surface area contributed by atoms with Gasteiger partial charge in [0, 0.05) is 34.3 Å². The molecule has 0 unspecified atom stereocenters. The molecule has 1 aromatic carbocycles. The fraction of sp³-hybridized carbons (Fsp3) is 0.0909. The van der Waals surface area contributed by atoms with Crippen LogP contribution in [0.2, 0.25) is 0 Å². The average Bonchev–Trinajstić information content (AvgIpc) is 3.51. The maximum absolute atomic E-state index is 13.0. The first-order chi connectivity index (χ1) is 14.7. The minimum atomic E-state index is -0.184. The summed E-state index contributed by atoms with van der Waals surface area (Å²) in [5.41, 5.74) is 3.74. The number of pyridine rings is 1. The number of aryl methyl sites for hydroxylation is 1. The smallest absolute Gasteiger partial charge is 0.256 e. The second kappa shape index (κ2) is 7.57. The summed E-state index contributed by atoms with van der Waals surface area (Å²) >= 11 is 1.67. The van der Waals surface area contributed by atoms with Gasteiger partial charge in [-0.1, -0.05) is 6.07 Å². The maximum atomic E-state index is 13.0. The lowest BCUT2D eigenvalue weighted by molar-refractivity contribution is 0.102. The number of fused-ring (bicyclic) bond motifs is 1. The Hall–Kier alpha value is -3.78. The van der Waals surface area contributed by atoms with Crippen molar-refractivity contribution in [2.24, 2.45) is 0 Å². The van der Waals surface area contributed by atoms with E-state index in [2.05, 4.69) is 26.4 Å². The van der Waals surface area contributed by atoms with Gasteiger partial charge in [0.2, 0.25) is 0 Å². The molecule has 1 N–H and O–H groups in total. The van der Waals surface area contributed by atoms with E-state index in [1.807, 2.05) is 58.1 Å². The van der Waals surface area contributed by atoms with Crippen LogP contribution in [0, 0.1) is 6.92 Å². The Morgan fingerprint density at radius 1 is 1.20 bits per heavy atom. The van der Waals surface area contributed by atoms with E-state index < -0.39 is 0 Å². The van der Waals surface area contributed by atoms with Gasteiger partial charge in [-0.3, -0.25) is 4.79 Å². The fourth-order valence-electron chi connectivity index (χ4n) is 3.35. The van der Waals surface area contributed by atoms with E-state index in [0.717, 1.165) is 22.5 Å². The molecule has 148 valence electrons. The summed E-state index contributed by atoms with van der Waals surface area (Å²) < 4.78 is 3.74. The largest absolute Gasteiger partial charge is 0.322 e. The number of benzene rings is 1. The van der Waals surface area contributed by atoms with Gasteiger partial charge in [-0.2, -0.15) is 5.10 Å². The molecule has 4 heterocycles. The first kappa shape index (κ1) is 18.3. The number of rotatable bonds is 5. The zero-order valence-electron chi connectivity index (χ0n) is 16.2. The molecule has 5 aromatic rings. The molecule has 0 radical (unpaired) electrons. The second-order valence-electron chi connectivity index (χ2n) is 6.90. The summed E-state index contributed by atoms with van der Waals surface area (Å²) in [4.78, 5) is 22.9.